The largest absolute Gasteiger partial charge is 0.304 e. The first-order chi connectivity index (χ1) is 8.40. The van der Waals surface area contributed by atoms with Crippen LogP contribution < -0.4 is 0 Å². The second-order valence-corrected chi connectivity index (χ2v) is 7.74. The van der Waals surface area contributed by atoms with Gasteiger partial charge in [0, 0.05) is 13.1 Å². The first-order valence-corrected chi connectivity index (χ1v) is 8.11. The SMILES string of the molecule is CC(C)c1ccc(C2CN(C)CCS2(=O)=O)cc1. The van der Waals surface area contributed by atoms with Gasteiger partial charge in [-0.05, 0) is 24.1 Å². The van der Waals surface area contributed by atoms with Gasteiger partial charge in [0.05, 0.1) is 11.0 Å². The van der Waals surface area contributed by atoms with Gasteiger partial charge in [-0.1, -0.05) is 38.1 Å². The predicted octanol–water partition coefficient (Wildman–Crippen LogP) is 2.21. The molecule has 1 saturated heterocycles. The van der Waals surface area contributed by atoms with E-state index in [1.807, 2.05) is 31.3 Å². The van der Waals surface area contributed by atoms with Crippen LogP contribution in [0.25, 0.3) is 0 Å². The molecular weight excluding hydrogens is 246 g/mol. The van der Waals surface area contributed by atoms with Gasteiger partial charge < -0.3 is 4.90 Å². The Hall–Kier alpha value is -0.870. The first-order valence-electron chi connectivity index (χ1n) is 6.40. The van der Waals surface area contributed by atoms with Gasteiger partial charge in [0.2, 0.25) is 0 Å². The molecule has 1 atom stereocenters. The summed E-state index contributed by atoms with van der Waals surface area (Å²) in [6, 6.07) is 8.03. The summed E-state index contributed by atoms with van der Waals surface area (Å²) < 4.78 is 24.2. The fourth-order valence-corrected chi connectivity index (χ4v) is 4.23. The van der Waals surface area contributed by atoms with Crippen molar-refractivity contribution in [3.8, 4) is 0 Å². The molecule has 1 aromatic rings. The van der Waals surface area contributed by atoms with Crippen LogP contribution in [0.3, 0.4) is 0 Å². The first kappa shape index (κ1) is 13.6. The van der Waals surface area contributed by atoms with Crippen molar-refractivity contribution in [2.45, 2.75) is 25.0 Å². The van der Waals surface area contributed by atoms with Gasteiger partial charge in [0.1, 0.15) is 0 Å². The Morgan fingerprint density at radius 3 is 2.39 bits per heavy atom. The van der Waals surface area contributed by atoms with Crippen LogP contribution in [0.1, 0.15) is 36.1 Å². The maximum atomic E-state index is 12.1. The highest BCUT2D eigenvalue weighted by atomic mass is 32.2. The predicted molar refractivity (Wildman–Crippen MR) is 74.6 cm³/mol. The summed E-state index contributed by atoms with van der Waals surface area (Å²) >= 11 is 0. The van der Waals surface area contributed by atoms with Crippen LogP contribution in [0.2, 0.25) is 0 Å². The molecule has 18 heavy (non-hydrogen) atoms. The smallest absolute Gasteiger partial charge is 0.159 e. The number of sulfone groups is 1. The lowest BCUT2D eigenvalue weighted by atomic mass is 10.0. The van der Waals surface area contributed by atoms with Crippen molar-refractivity contribution >= 4 is 9.84 Å². The summed E-state index contributed by atoms with van der Waals surface area (Å²) in [5.41, 5.74) is 2.17. The topological polar surface area (TPSA) is 37.4 Å². The van der Waals surface area contributed by atoms with E-state index in [9.17, 15) is 8.42 Å². The Bertz CT molecular complexity index is 505. The molecule has 0 spiro atoms. The van der Waals surface area contributed by atoms with Crippen molar-refractivity contribution < 1.29 is 8.42 Å². The highest BCUT2D eigenvalue weighted by molar-refractivity contribution is 7.91. The zero-order valence-electron chi connectivity index (χ0n) is 11.3. The fraction of sp³-hybridized carbons (Fsp3) is 0.571. The lowest BCUT2D eigenvalue weighted by Gasteiger charge is -2.30. The minimum absolute atomic E-state index is 0.264. The van der Waals surface area contributed by atoms with Gasteiger partial charge in [-0.3, -0.25) is 0 Å². The van der Waals surface area contributed by atoms with Crippen LogP contribution in [0.15, 0.2) is 24.3 Å². The van der Waals surface area contributed by atoms with E-state index in [1.165, 1.54) is 5.56 Å². The second kappa shape index (κ2) is 5.02. The van der Waals surface area contributed by atoms with E-state index in [0.29, 0.717) is 19.0 Å². The average Bonchev–Trinajstić information content (AvgIpc) is 2.32. The molecule has 0 amide bonds. The van der Waals surface area contributed by atoms with E-state index in [4.69, 9.17) is 0 Å². The maximum absolute atomic E-state index is 12.1. The molecule has 0 aromatic heterocycles. The Labute approximate surface area is 110 Å². The Morgan fingerprint density at radius 2 is 1.83 bits per heavy atom. The van der Waals surface area contributed by atoms with Gasteiger partial charge in [-0.25, -0.2) is 8.42 Å². The summed E-state index contributed by atoms with van der Waals surface area (Å²) in [5.74, 6) is 0.741. The van der Waals surface area contributed by atoms with E-state index < -0.39 is 9.84 Å². The van der Waals surface area contributed by atoms with E-state index in [1.54, 1.807) is 0 Å². The molecular formula is C14H21NO2S. The third-order valence-electron chi connectivity index (χ3n) is 3.64. The molecule has 0 N–H and O–H groups in total. The highest BCUT2D eigenvalue weighted by Gasteiger charge is 2.32. The number of hydrogen-bond acceptors (Lipinski definition) is 3. The van der Waals surface area contributed by atoms with Crippen molar-refractivity contribution in [2.75, 3.05) is 25.9 Å². The summed E-state index contributed by atoms with van der Waals surface area (Å²) in [4.78, 5) is 2.09. The molecule has 0 bridgehead atoms. The number of rotatable bonds is 2. The van der Waals surface area contributed by atoms with Crippen LogP contribution in [0.5, 0.6) is 0 Å². The number of nitrogens with zero attached hydrogens (tertiary/aromatic N) is 1. The van der Waals surface area contributed by atoms with Gasteiger partial charge in [0.25, 0.3) is 0 Å². The molecule has 0 aliphatic carbocycles. The van der Waals surface area contributed by atoms with E-state index in [2.05, 4.69) is 18.7 Å². The maximum Gasteiger partial charge on any atom is 0.159 e. The van der Waals surface area contributed by atoms with Gasteiger partial charge in [-0.15, -0.1) is 0 Å². The van der Waals surface area contributed by atoms with Gasteiger partial charge in [-0.2, -0.15) is 0 Å². The summed E-state index contributed by atoms with van der Waals surface area (Å²) in [5, 5.41) is -0.363. The normalized spacial score (nSPS) is 24.3. The van der Waals surface area contributed by atoms with Crippen molar-refractivity contribution in [3.63, 3.8) is 0 Å². The Morgan fingerprint density at radius 1 is 1.22 bits per heavy atom. The molecule has 4 heteroatoms. The van der Waals surface area contributed by atoms with E-state index >= 15 is 0 Å². The van der Waals surface area contributed by atoms with Crippen LogP contribution >= 0.6 is 0 Å². The lowest BCUT2D eigenvalue weighted by Crippen LogP contribution is -2.40. The minimum atomic E-state index is -2.98. The molecule has 1 heterocycles. The molecule has 100 valence electrons. The molecule has 2 rings (SSSR count). The zero-order valence-corrected chi connectivity index (χ0v) is 12.1. The summed E-state index contributed by atoms with van der Waals surface area (Å²) in [7, 11) is -1.01. The van der Waals surface area contributed by atoms with Gasteiger partial charge >= 0.3 is 0 Å². The number of likely N-dealkylation sites (N-methyl/N-ethyl adjacent to an activating group) is 1. The van der Waals surface area contributed by atoms with E-state index in [0.717, 1.165) is 5.56 Å². The van der Waals surface area contributed by atoms with Crippen LogP contribution in [0.4, 0.5) is 0 Å². The van der Waals surface area contributed by atoms with Crippen molar-refractivity contribution in [1.82, 2.24) is 4.90 Å². The Kier molecular flexibility index (Phi) is 3.78. The standard InChI is InChI=1S/C14H21NO2S/c1-11(2)12-4-6-13(7-5-12)14-10-15(3)8-9-18(14,16)17/h4-7,11,14H,8-10H2,1-3H3. The van der Waals surface area contributed by atoms with E-state index in [-0.39, 0.29) is 11.0 Å². The van der Waals surface area contributed by atoms with Crippen LogP contribution in [-0.4, -0.2) is 39.2 Å². The highest BCUT2D eigenvalue weighted by Crippen LogP contribution is 2.28. The molecule has 1 aliphatic rings. The third-order valence-corrected chi connectivity index (χ3v) is 5.68. The third kappa shape index (κ3) is 2.75. The number of hydrogen-bond donors (Lipinski definition) is 0. The number of benzene rings is 1. The van der Waals surface area contributed by atoms with Crippen molar-refractivity contribution in [2.24, 2.45) is 0 Å². The average molecular weight is 267 g/mol. The molecule has 1 aliphatic heterocycles. The summed E-state index contributed by atoms with van der Waals surface area (Å²) in [6.45, 7) is 5.52. The molecule has 3 nitrogen and oxygen atoms in total. The lowest BCUT2D eigenvalue weighted by molar-refractivity contribution is 0.333. The van der Waals surface area contributed by atoms with Gasteiger partial charge in [0.15, 0.2) is 9.84 Å². The Balaban J connectivity index is 2.29. The molecule has 0 saturated carbocycles. The zero-order chi connectivity index (χ0) is 13.3. The second-order valence-electron chi connectivity index (χ2n) is 5.44. The van der Waals surface area contributed by atoms with Crippen LogP contribution in [-0.2, 0) is 9.84 Å². The van der Waals surface area contributed by atoms with Crippen LogP contribution in [0, 0.1) is 0 Å². The summed E-state index contributed by atoms with van der Waals surface area (Å²) in [6.07, 6.45) is 0. The fourth-order valence-electron chi connectivity index (χ4n) is 2.32. The van der Waals surface area contributed by atoms with Crippen molar-refractivity contribution in [3.05, 3.63) is 35.4 Å². The molecule has 0 radical (unpaired) electrons. The molecule has 1 unspecified atom stereocenters. The molecule has 1 aromatic carbocycles. The monoisotopic (exact) mass is 267 g/mol. The molecule has 1 fully saturated rings. The quantitative estimate of drug-likeness (QED) is 0.824. The minimum Gasteiger partial charge on any atom is -0.304 e. The van der Waals surface area contributed by atoms with Crippen molar-refractivity contribution in [1.29, 1.82) is 0 Å².